The van der Waals surface area contributed by atoms with Crippen molar-refractivity contribution in [1.82, 2.24) is 9.80 Å². The molecule has 2 aromatic carbocycles. The predicted octanol–water partition coefficient (Wildman–Crippen LogP) is 4.67. The Balaban J connectivity index is 1.61. The van der Waals surface area contributed by atoms with Crippen LogP contribution in [0.4, 0.5) is 10.5 Å². The molecule has 0 aromatic heterocycles. The molecule has 2 heterocycles. The van der Waals surface area contributed by atoms with Crippen LogP contribution in [0.5, 0.6) is 0 Å². The number of benzene rings is 2. The lowest BCUT2D eigenvalue weighted by Crippen LogP contribution is -2.52. The van der Waals surface area contributed by atoms with E-state index in [2.05, 4.69) is 35.6 Å². The van der Waals surface area contributed by atoms with Crippen LogP contribution in [0.25, 0.3) is 0 Å². The molecule has 1 spiro atoms. The lowest BCUT2D eigenvalue weighted by molar-refractivity contribution is 0.133. The molecule has 6 heteroatoms. The van der Waals surface area contributed by atoms with Crippen molar-refractivity contribution in [2.24, 2.45) is 10.4 Å². The molecule has 2 aromatic rings. The third-order valence-corrected chi connectivity index (χ3v) is 6.22. The second-order valence-electron chi connectivity index (χ2n) is 8.20. The minimum absolute atomic E-state index is 0.0595. The highest BCUT2D eigenvalue weighted by Gasteiger charge is 2.43. The van der Waals surface area contributed by atoms with Gasteiger partial charge in [0.15, 0.2) is 0 Å². The first-order chi connectivity index (χ1) is 14.0. The number of nitrogens with one attached hydrogen (secondary N) is 1. The van der Waals surface area contributed by atoms with Gasteiger partial charge in [0.25, 0.3) is 0 Å². The van der Waals surface area contributed by atoms with Crippen LogP contribution >= 0.6 is 11.6 Å². The summed E-state index contributed by atoms with van der Waals surface area (Å²) in [4.78, 5) is 21.0. The molecule has 2 aliphatic heterocycles. The number of carbonyl (C=O) groups excluding carboxylic acids is 1. The molecule has 2 aliphatic rings. The van der Waals surface area contributed by atoms with E-state index in [0.717, 1.165) is 54.5 Å². The van der Waals surface area contributed by atoms with Gasteiger partial charge in [-0.3, -0.25) is 4.99 Å². The molecule has 0 unspecified atom stereocenters. The molecule has 5 nitrogen and oxygen atoms in total. The summed E-state index contributed by atoms with van der Waals surface area (Å²) in [5, 5.41) is 4.34. The number of piperidine rings is 1. The summed E-state index contributed by atoms with van der Waals surface area (Å²) in [6.45, 7) is 2.08. The molecule has 0 aliphatic carbocycles. The van der Waals surface area contributed by atoms with Crippen LogP contribution in [0, 0.1) is 5.41 Å². The highest BCUT2D eigenvalue weighted by molar-refractivity contribution is 6.30. The van der Waals surface area contributed by atoms with Gasteiger partial charge in [0, 0.05) is 43.3 Å². The molecule has 0 saturated carbocycles. The highest BCUT2D eigenvalue weighted by atomic mass is 35.5. The van der Waals surface area contributed by atoms with Gasteiger partial charge in [-0.1, -0.05) is 41.9 Å². The number of amides is 2. The van der Waals surface area contributed by atoms with Crippen molar-refractivity contribution in [1.29, 1.82) is 0 Å². The van der Waals surface area contributed by atoms with Crippen molar-refractivity contribution in [3.05, 3.63) is 64.7 Å². The first-order valence-electron chi connectivity index (χ1n) is 10.1. The molecule has 1 N–H and O–H groups in total. The van der Waals surface area contributed by atoms with Gasteiger partial charge in [0.2, 0.25) is 0 Å². The van der Waals surface area contributed by atoms with Crippen molar-refractivity contribution >= 4 is 29.2 Å². The average Bonchev–Trinajstić information content (AvgIpc) is 2.72. The number of rotatable bonds is 2. The van der Waals surface area contributed by atoms with Gasteiger partial charge < -0.3 is 15.1 Å². The van der Waals surface area contributed by atoms with Crippen LogP contribution in [0.3, 0.4) is 0 Å². The fraction of sp³-hybridized carbons (Fsp3) is 0.391. The third kappa shape index (κ3) is 4.10. The van der Waals surface area contributed by atoms with E-state index in [4.69, 9.17) is 16.6 Å². The van der Waals surface area contributed by atoms with Crippen molar-refractivity contribution in [2.75, 3.05) is 32.5 Å². The van der Waals surface area contributed by atoms with Crippen molar-refractivity contribution in [3.8, 4) is 0 Å². The number of halogens is 1. The summed E-state index contributed by atoms with van der Waals surface area (Å²) in [5.74, 6) is 1.04. The molecule has 29 heavy (non-hydrogen) atoms. The lowest BCUT2D eigenvalue weighted by atomic mass is 9.70. The Bertz CT molecular complexity index is 932. The van der Waals surface area contributed by atoms with Crippen LogP contribution < -0.4 is 5.32 Å². The maximum atomic E-state index is 12.4. The SMILES string of the molecule is CN(C)C(=O)N1CCC2(CC1)Cc1ccccc1NC2=NCc1cccc(Cl)c1. The number of likely N-dealkylation sites (tertiary alicyclic amines) is 1. The molecule has 1 fully saturated rings. The Morgan fingerprint density at radius 1 is 1.17 bits per heavy atom. The summed E-state index contributed by atoms with van der Waals surface area (Å²) in [6.07, 6.45) is 2.76. The minimum atomic E-state index is -0.0595. The van der Waals surface area contributed by atoms with Crippen LogP contribution in [-0.4, -0.2) is 48.9 Å². The van der Waals surface area contributed by atoms with Gasteiger partial charge in [-0.2, -0.15) is 0 Å². The fourth-order valence-corrected chi connectivity index (χ4v) is 4.55. The summed E-state index contributed by atoms with van der Waals surface area (Å²) in [6, 6.07) is 16.4. The number of para-hydroxylation sites is 1. The number of hydrogen-bond donors (Lipinski definition) is 1. The maximum absolute atomic E-state index is 12.4. The van der Waals surface area contributed by atoms with E-state index in [1.54, 1.807) is 4.90 Å². The van der Waals surface area contributed by atoms with Crippen LogP contribution in [0.1, 0.15) is 24.0 Å². The Morgan fingerprint density at radius 2 is 1.93 bits per heavy atom. The topological polar surface area (TPSA) is 47.9 Å². The molecule has 0 radical (unpaired) electrons. The molecular formula is C23H27ClN4O. The number of anilines is 1. The molecule has 4 rings (SSSR count). The number of hydrogen-bond acceptors (Lipinski definition) is 2. The monoisotopic (exact) mass is 410 g/mol. The average molecular weight is 411 g/mol. The van der Waals surface area contributed by atoms with E-state index in [1.165, 1.54) is 5.56 Å². The maximum Gasteiger partial charge on any atom is 0.319 e. The van der Waals surface area contributed by atoms with E-state index in [1.807, 2.05) is 37.2 Å². The third-order valence-electron chi connectivity index (χ3n) is 5.98. The van der Waals surface area contributed by atoms with E-state index >= 15 is 0 Å². The van der Waals surface area contributed by atoms with Crippen molar-refractivity contribution in [2.45, 2.75) is 25.8 Å². The summed E-state index contributed by atoms with van der Waals surface area (Å²) in [5.41, 5.74) is 3.49. The second kappa shape index (κ2) is 8.07. The molecule has 152 valence electrons. The van der Waals surface area contributed by atoms with Crippen LogP contribution in [0.15, 0.2) is 53.5 Å². The molecule has 0 atom stereocenters. The zero-order chi connectivity index (χ0) is 20.4. The molecular weight excluding hydrogens is 384 g/mol. The van der Waals surface area contributed by atoms with Gasteiger partial charge in [-0.25, -0.2) is 4.79 Å². The number of fused-ring (bicyclic) bond motifs is 1. The minimum Gasteiger partial charge on any atom is -0.343 e. The van der Waals surface area contributed by atoms with E-state index in [-0.39, 0.29) is 11.4 Å². The zero-order valence-electron chi connectivity index (χ0n) is 17.0. The van der Waals surface area contributed by atoms with Crippen LogP contribution in [-0.2, 0) is 13.0 Å². The standard InChI is InChI=1S/C23H27ClN4O/c1-27(2)22(29)28-12-10-23(11-13-28)15-18-7-3-4-9-20(18)26-21(23)25-16-17-6-5-8-19(24)14-17/h3-9,14H,10-13,15-16H2,1-2H3,(H,25,26). The summed E-state index contributed by atoms with van der Waals surface area (Å²) < 4.78 is 0. The summed E-state index contributed by atoms with van der Waals surface area (Å²) in [7, 11) is 3.62. The zero-order valence-corrected chi connectivity index (χ0v) is 17.7. The van der Waals surface area contributed by atoms with E-state index in [9.17, 15) is 4.79 Å². The van der Waals surface area contributed by atoms with Gasteiger partial charge in [0.05, 0.1) is 6.54 Å². The van der Waals surface area contributed by atoms with Crippen molar-refractivity contribution < 1.29 is 4.79 Å². The Labute approximate surface area is 177 Å². The van der Waals surface area contributed by atoms with Gasteiger partial charge in [-0.05, 0) is 48.6 Å². The normalized spacial score (nSPS) is 19.0. The highest BCUT2D eigenvalue weighted by Crippen LogP contribution is 2.42. The number of nitrogens with zero attached hydrogens (tertiary/aromatic N) is 3. The number of amidine groups is 1. The Hall–Kier alpha value is -2.53. The Morgan fingerprint density at radius 3 is 2.66 bits per heavy atom. The number of aliphatic imine (C=N–C) groups is 1. The van der Waals surface area contributed by atoms with Gasteiger partial charge >= 0.3 is 6.03 Å². The predicted molar refractivity (Wildman–Crippen MR) is 119 cm³/mol. The molecule has 1 saturated heterocycles. The van der Waals surface area contributed by atoms with Crippen molar-refractivity contribution in [3.63, 3.8) is 0 Å². The van der Waals surface area contributed by atoms with Gasteiger partial charge in [-0.15, -0.1) is 0 Å². The second-order valence-corrected chi connectivity index (χ2v) is 8.63. The summed E-state index contributed by atoms with van der Waals surface area (Å²) >= 11 is 6.14. The molecule has 2 amide bonds. The van der Waals surface area contributed by atoms with Gasteiger partial charge in [0.1, 0.15) is 5.84 Å². The smallest absolute Gasteiger partial charge is 0.319 e. The molecule has 0 bridgehead atoms. The first kappa shape index (κ1) is 19.8. The number of urea groups is 1. The first-order valence-corrected chi connectivity index (χ1v) is 10.5. The lowest BCUT2D eigenvalue weighted by Gasteiger charge is -2.46. The quantitative estimate of drug-likeness (QED) is 0.781. The van der Waals surface area contributed by atoms with E-state index < -0.39 is 0 Å². The number of carbonyl (C=O) groups is 1. The van der Waals surface area contributed by atoms with Crippen LogP contribution in [0.2, 0.25) is 5.02 Å². The fourth-order valence-electron chi connectivity index (χ4n) is 4.34. The largest absolute Gasteiger partial charge is 0.343 e. The van der Waals surface area contributed by atoms with E-state index in [0.29, 0.717) is 6.54 Å². The Kier molecular flexibility index (Phi) is 5.50.